The van der Waals surface area contributed by atoms with Crippen molar-refractivity contribution in [3.63, 3.8) is 0 Å². The molecule has 1 saturated carbocycles. The molecule has 0 heterocycles. The van der Waals surface area contributed by atoms with E-state index in [9.17, 15) is 9.59 Å². The molecule has 0 radical (unpaired) electrons. The van der Waals surface area contributed by atoms with Gasteiger partial charge in [0.25, 0.3) is 0 Å². The summed E-state index contributed by atoms with van der Waals surface area (Å²) < 4.78 is 0. The molecule has 0 aromatic heterocycles. The molecule has 1 fully saturated rings. The van der Waals surface area contributed by atoms with Gasteiger partial charge in [-0.15, -0.1) is 0 Å². The van der Waals surface area contributed by atoms with E-state index in [2.05, 4.69) is 5.32 Å². The van der Waals surface area contributed by atoms with Crippen molar-refractivity contribution in [3.05, 3.63) is 28.8 Å². The molecule has 1 aliphatic carbocycles. The average molecular weight is 297 g/mol. The van der Waals surface area contributed by atoms with Crippen LogP contribution in [0.4, 0.5) is 10.5 Å². The molecule has 108 valence electrons. The molecule has 1 aromatic rings. The average Bonchev–Trinajstić information content (AvgIpc) is 2.35. The number of carbonyl (C=O) groups excluding carboxylic acids is 1. The molecule has 20 heavy (non-hydrogen) atoms. The van der Waals surface area contributed by atoms with Crippen LogP contribution in [0.3, 0.4) is 0 Å². The van der Waals surface area contributed by atoms with Gasteiger partial charge in [-0.25, -0.2) is 9.59 Å². The van der Waals surface area contributed by atoms with E-state index in [0.717, 1.165) is 12.8 Å². The van der Waals surface area contributed by atoms with Crippen molar-refractivity contribution in [2.24, 2.45) is 5.92 Å². The minimum Gasteiger partial charge on any atom is -0.478 e. The smallest absolute Gasteiger partial charge is 0.335 e. The Bertz CT molecular complexity index is 529. The number of rotatable bonds is 4. The van der Waals surface area contributed by atoms with Crippen LogP contribution < -0.4 is 5.32 Å². The molecular formula is C14H17ClN2O3. The number of benzene rings is 1. The Labute approximate surface area is 122 Å². The summed E-state index contributed by atoms with van der Waals surface area (Å²) in [6, 6.07) is 3.95. The van der Waals surface area contributed by atoms with E-state index in [1.807, 2.05) is 0 Å². The van der Waals surface area contributed by atoms with Gasteiger partial charge in [0, 0.05) is 13.6 Å². The molecule has 0 aliphatic heterocycles. The lowest BCUT2D eigenvalue weighted by Gasteiger charge is -2.30. The van der Waals surface area contributed by atoms with E-state index in [1.165, 1.54) is 24.6 Å². The normalized spacial score (nSPS) is 14.5. The van der Waals surface area contributed by atoms with Gasteiger partial charge in [-0.3, -0.25) is 0 Å². The highest BCUT2D eigenvalue weighted by molar-refractivity contribution is 6.33. The zero-order chi connectivity index (χ0) is 14.7. The lowest BCUT2D eigenvalue weighted by atomic mass is 9.85. The largest absolute Gasteiger partial charge is 0.478 e. The topological polar surface area (TPSA) is 69.6 Å². The molecule has 6 heteroatoms. The lowest BCUT2D eigenvalue weighted by Crippen LogP contribution is -2.37. The van der Waals surface area contributed by atoms with E-state index in [1.54, 1.807) is 11.9 Å². The molecule has 0 spiro atoms. The maximum Gasteiger partial charge on any atom is 0.335 e. The van der Waals surface area contributed by atoms with Crippen LogP contribution in [0.15, 0.2) is 18.2 Å². The van der Waals surface area contributed by atoms with Crippen LogP contribution >= 0.6 is 11.6 Å². The summed E-state index contributed by atoms with van der Waals surface area (Å²) in [5.41, 5.74) is 0.406. The molecule has 5 nitrogen and oxygen atoms in total. The summed E-state index contributed by atoms with van der Waals surface area (Å²) in [6.07, 6.45) is 3.55. The van der Waals surface area contributed by atoms with Gasteiger partial charge in [-0.05, 0) is 37.0 Å². The first kappa shape index (κ1) is 14.7. The lowest BCUT2D eigenvalue weighted by molar-refractivity contribution is 0.0697. The van der Waals surface area contributed by atoms with E-state index in [4.69, 9.17) is 16.7 Å². The second-order valence-electron chi connectivity index (χ2n) is 5.11. The number of anilines is 1. The highest BCUT2D eigenvalue weighted by Crippen LogP contribution is 2.27. The first-order valence-corrected chi connectivity index (χ1v) is 6.90. The SMILES string of the molecule is CN(CC1CCC1)C(=O)Nc1cc(C(=O)O)ccc1Cl. The number of urea groups is 1. The van der Waals surface area contributed by atoms with Crippen molar-refractivity contribution in [1.29, 1.82) is 0 Å². The summed E-state index contributed by atoms with van der Waals surface area (Å²) in [4.78, 5) is 24.5. The van der Waals surface area contributed by atoms with E-state index >= 15 is 0 Å². The van der Waals surface area contributed by atoms with Crippen LogP contribution in [0.5, 0.6) is 0 Å². The molecule has 0 atom stereocenters. The standard InChI is InChI=1S/C14H17ClN2O3/c1-17(8-9-3-2-4-9)14(20)16-12-7-10(13(18)19)5-6-11(12)15/h5-7,9H,2-4,8H2,1H3,(H,16,20)(H,18,19). The molecule has 2 rings (SSSR count). The van der Waals surface area contributed by atoms with Crippen LogP contribution in [0.1, 0.15) is 29.6 Å². The monoisotopic (exact) mass is 296 g/mol. The van der Waals surface area contributed by atoms with Gasteiger partial charge in [0.05, 0.1) is 16.3 Å². The Morgan fingerprint density at radius 2 is 2.15 bits per heavy atom. The van der Waals surface area contributed by atoms with E-state index < -0.39 is 5.97 Å². The van der Waals surface area contributed by atoms with Gasteiger partial charge in [-0.1, -0.05) is 18.0 Å². The van der Waals surface area contributed by atoms with Crippen molar-refractivity contribution in [1.82, 2.24) is 4.90 Å². The number of carbonyl (C=O) groups is 2. The number of hydrogen-bond acceptors (Lipinski definition) is 2. The minimum atomic E-state index is -1.06. The van der Waals surface area contributed by atoms with Crippen LogP contribution in [-0.2, 0) is 0 Å². The number of amides is 2. The molecule has 0 bridgehead atoms. The molecular weight excluding hydrogens is 280 g/mol. The summed E-state index contributed by atoms with van der Waals surface area (Å²) in [5, 5.41) is 11.9. The van der Waals surface area contributed by atoms with Gasteiger partial charge < -0.3 is 15.3 Å². The quantitative estimate of drug-likeness (QED) is 0.895. The second kappa shape index (κ2) is 6.13. The van der Waals surface area contributed by atoms with Crippen molar-refractivity contribution in [2.45, 2.75) is 19.3 Å². The third-order valence-electron chi connectivity index (χ3n) is 3.56. The zero-order valence-corrected chi connectivity index (χ0v) is 12.0. The Balaban J connectivity index is 2.02. The molecule has 2 N–H and O–H groups in total. The maximum absolute atomic E-state index is 12.0. The molecule has 0 unspecified atom stereocenters. The zero-order valence-electron chi connectivity index (χ0n) is 11.2. The summed E-state index contributed by atoms with van der Waals surface area (Å²) in [7, 11) is 1.72. The van der Waals surface area contributed by atoms with Crippen LogP contribution in [0.2, 0.25) is 5.02 Å². The number of carboxylic acid groups (broad SMARTS) is 1. The summed E-state index contributed by atoms with van der Waals surface area (Å²) >= 11 is 5.97. The Morgan fingerprint density at radius 1 is 1.45 bits per heavy atom. The van der Waals surface area contributed by atoms with Gasteiger partial charge in [0.1, 0.15) is 0 Å². The molecule has 2 amide bonds. The number of halogens is 1. The first-order chi connectivity index (χ1) is 9.47. The van der Waals surface area contributed by atoms with Gasteiger partial charge >= 0.3 is 12.0 Å². The molecule has 1 aliphatic rings. The third kappa shape index (κ3) is 3.42. The third-order valence-corrected chi connectivity index (χ3v) is 3.89. The summed E-state index contributed by atoms with van der Waals surface area (Å²) in [6.45, 7) is 0.710. The molecule has 0 saturated heterocycles. The number of nitrogens with one attached hydrogen (secondary N) is 1. The number of nitrogens with zero attached hydrogens (tertiary/aromatic N) is 1. The minimum absolute atomic E-state index is 0.0892. The predicted molar refractivity (Wildman–Crippen MR) is 77.4 cm³/mol. The van der Waals surface area contributed by atoms with Gasteiger partial charge in [-0.2, -0.15) is 0 Å². The van der Waals surface area contributed by atoms with Crippen LogP contribution in [0.25, 0.3) is 0 Å². The molecule has 1 aromatic carbocycles. The Morgan fingerprint density at radius 3 is 2.70 bits per heavy atom. The number of carboxylic acids is 1. The van der Waals surface area contributed by atoms with Crippen molar-refractivity contribution in [3.8, 4) is 0 Å². The summed E-state index contributed by atoms with van der Waals surface area (Å²) in [5.74, 6) is -0.480. The van der Waals surface area contributed by atoms with E-state index in [-0.39, 0.29) is 11.6 Å². The van der Waals surface area contributed by atoms with Crippen LogP contribution in [0, 0.1) is 5.92 Å². The van der Waals surface area contributed by atoms with Crippen molar-refractivity contribution in [2.75, 3.05) is 18.9 Å². The predicted octanol–water partition coefficient (Wildman–Crippen LogP) is 3.30. The highest BCUT2D eigenvalue weighted by atomic mass is 35.5. The fraction of sp³-hybridized carbons (Fsp3) is 0.429. The maximum atomic E-state index is 12.0. The Hall–Kier alpha value is -1.75. The second-order valence-corrected chi connectivity index (χ2v) is 5.51. The van der Waals surface area contributed by atoms with E-state index in [0.29, 0.717) is 23.2 Å². The fourth-order valence-electron chi connectivity index (χ4n) is 2.11. The first-order valence-electron chi connectivity index (χ1n) is 6.52. The highest BCUT2D eigenvalue weighted by Gasteiger charge is 2.21. The Kier molecular flexibility index (Phi) is 4.49. The van der Waals surface area contributed by atoms with Crippen LogP contribution in [-0.4, -0.2) is 35.6 Å². The van der Waals surface area contributed by atoms with Crippen molar-refractivity contribution >= 4 is 29.3 Å². The number of aromatic carboxylic acids is 1. The fourth-order valence-corrected chi connectivity index (χ4v) is 2.28. The van der Waals surface area contributed by atoms with Gasteiger partial charge in [0.2, 0.25) is 0 Å². The van der Waals surface area contributed by atoms with Crippen molar-refractivity contribution < 1.29 is 14.7 Å². The van der Waals surface area contributed by atoms with Gasteiger partial charge in [0.15, 0.2) is 0 Å². The number of hydrogen-bond donors (Lipinski definition) is 2.